The molecule has 2 rings (SSSR count). The molecule has 3 N–H and O–H groups in total. The van der Waals surface area contributed by atoms with Gasteiger partial charge < -0.3 is 15.3 Å². The molecule has 0 saturated heterocycles. The van der Waals surface area contributed by atoms with Gasteiger partial charge in [-0.15, -0.1) is 0 Å². The maximum Gasteiger partial charge on any atom is 0.184 e. The first-order valence-corrected chi connectivity index (χ1v) is 6.80. The second-order valence-electron chi connectivity index (χ2n) is 4.76. The Labute approximate surface area is 132 Å². The predicted octanol–water partition coefficient (Wildman–Crippen LogP) is 3.07. The van der Waals surface area contributed by atoms with Crippen molar-refractivity contribution in [3.63, 3.8) is 0 Å². The van der Waals surface area contributed by atoms with E-state index in [9.17, 15) is 20.1 Å². The molecule has 114 valence electrons. The minimum absolute atomic E-state index is 0.0582. The Kier molecular flexibility index (Phi) is 4.68. The summed E-state index contributed by atoms with van der Waals surface area (Å²) in [6.45, 7) is 1.55. The zero-order chi connectivity index (χ0) is 16.3. The third-order valence-corrected chi connectivity index (χ3v) is 3.28. The Morgan fingerprint density at radius 1 is 1.18 bits per heavy atom. The van der Waals surface area contributed by atoms with Gasteiger partial charge in [0.2, 0.25) is 0 Å². The molecule has 0 amide bonds. The van der Waals surface area contributed by atoms with E-state index in [1.54, 1.807) is 19.1 Å². The second kappa shape index (κ2) is 6.49. The molecule has 0 fully saturated rings. The number of Topliss-reactive ketones (excluding diaryl/α,β-unsaturated/α-hetero) is 1. The van der Waals surface area contributed by atoms with Crippen LogP contribution in [0.1, 0.15) is 21.5 Å². The first-order valence-electron chi connectivity index (χ1n) is 6.42. The number of halogens is 1. The van der Waals surface area contributed by atoms with E-state index in [1.165, 1.54) is 24.4 Å². The Balaban J connectivity index is 2.12. The summed E-state index contributed by atoms with van der Waals surface area (Å²) in [4.78, 5) is 15.9. The number of phenolic OH excluding ortho intramolecular Hbond substituents is 3. The van der Waals surface area contributed by atoms with E-state index in [2.05, 4.69) is 4.99 Å². The topological polar surface area (TPSA) is 90.1 Å². The van der Waals surface area contributed by atoms with Gasteiger partial charge in [-0.25, -0.2) is 0 Å². The third-order valence-electron chi connectivity index (χ3n) is 3.06. The third kappa shape index (κ3) is 3.56. The highest BCUT2D eigenvalue weighted by atomic mass is 35.5. The monoisotopic (exact) mass is 319 g/mol. The lowest BCUT2D eigenvalue weighted by molar-refractivity contribution is 0.100. The van der Waals surface area contributed by atoms with Crippen molar-refractivity contribution in [3.05, 3.63) is 52.0 Å². The van der Waals surface area contributed by atoms with Crippen LogP contribution in [0, 0.1) is 6.92 Å². The van der Waals surface area contributed by atoms with Crippen molar-refractivity contribution < 1.29 is 20.1 Å². The van der Waals surface area contributed by atoms with Crippen LogP contribution in [-0.4, -0.2) is 33.9 Å². The number of benzene rings is 2. The first kappa shape index (κ1) is 15.9. The van der Waals surface area contributed by atoms with Gasteiger partial charge in [-0.3, -0.25) is 9.79 Å². The van der Waals surface area contributed by atoms with Crippen LogP contribution in [-0.2, 0) is 0 Å². The van der Waals surface area contributed by atoms with Crippen LogP contribution in [0.25, 0.3) is 0 Å². The van der Waals surface area contributed by atoms with Gasteiger partial charge in [0.05, 0.1) is 0 Å². The maximum atomic E-state index is 11.9. The molecule has 6 heteroatoms. The van der Waals surface area contributed by atoms with E-state index in [4.69, 9.17) is 11.6 Å². The normalized spacial score (nSPS) is 11.0. The van der Waals surface area contributed by atoms with Crippen LogP contribution in [0.4, 0.5) is 0 Å². The molecule has 22 heavy (non-hydrogen) atoms. The van der Waals surface area contributed by atoms with E-state index in [-0.39, 0.29) is 35.1 Å². The number of aryl methyl sites for hydroxylation is 1. The standard InChI is InChI=1S/C16H14ClNO4/c1-9-4-12(17)5-11(16(9)22)7-18-8-15(21)10-2-3-13(19)14(20)6-10/h2-7,19-20,22H,8H2,1H3. The molecule has 0 saturated carbocycles. The van der Waals surface area contributed by atoms with Gasteiger partial charge in [0, 0.05) is 22.4 Å². The van der Waals surface area contributed by atoms with Crippen molar-refractivity contribution in [1.82, 2.24) is 0 Å². The molecule has 0 aliphatic heterocycles. The van der Waals surface area contributed by atoms with E-state index in [0.29, 0.717) is 16.1 Å². The van der Waals surface area contributed by atoms with Gasteiger partial charge in [-0.1, -0.05) is 11.6 Å². The summed E-state index contributed by atoms with van der Waals surface area (Å²) in [5.41, 5.74) is 1.27. The number of aromatic hydroxyl groups is 3. The molecular formula is C16H14ClNO4. The molecule has 0 aliphatic rings. The van der Waals surface area contributed by atoms with Gasteiger partial charge in [0.1, 0.15) is 12.3 Å². The molecule has 2 aromatic carbocycles. The molecule has 0 bridgehead atoms. The summed E-state index contributed by atoms with van der Waals surface area (Å²) >= 11 is 5.90. The minimum atomic E-state index is -0.363. The Morgan fingerprint density at radius 2 is 1.91 bits per heavy atom. The van der Waals surface area contributed by atoms with Crippen LogP contribution < -0.4 is 0 Å². The van der Waals surface area contributed by atoms with Crippen LogP contribution in [0.15, 0.2) is 35.3 Å². The predicted molar refractivity (Wildman–Crippen MR) is 84.4 cm³/mol. The van der Waals surface area contributed by atoms with Gasteiger partial charge in [0.25, 0.3) is 0 Å². The summed E-state index contributed by atoms with van der Waals surface area (Å²) in [6.07, 6.45) is 1.37. The molecule has 0 aromatic heterocycles. The Bertz CT molecular complexity index is 756. The molecule has 0 spiro atoms. The van der Waals surface area contributed by atoms with Gasteiger partial charge in [0.15, 0.2) is 17.3 Å². The van der Waals surface area contributed by atoms with Crippen molar-refractivity contribution in [2.24, 2.45) is 4.99 Å². The van der Waals surface area contributed by atoms with Gasteiger partial charge in [-0.05, 0) is 42.8 Å². The number of phenols is 3. The van der Waals surface area contributed by atoms with Crippen LogP contribution >= 0.6 is 11.6 Å². The molecule has 0 heterocycles. The largest absolute Gasteiger partial charge is 0.507 e. The van der Waals surface area contributed by atoms with E-state index >= 15 is 0 Å². The lowest BCUT2D eigenvalue weighted by Crippen LogP contribution is -2.03. The van der Waals surface area contributed by atoms with Crippen LogP contribution in [0.5, 0.6) is 17.2 Å². The van der Waals surface area contributed by atoms with Crippen molar-refractivity contribution >= 4 is 23.6 Å². The lowest BCUT2D eigenvalue weighted by Gasteiger charge is -2.04. The molecule has 0 radical (unpaired) electrons. The van der Waals surface area contributed by atoms with Crippen molar-refractivity contribution in [1.29, 1.82) is 0 Å². The van der Waals surface area contributed by atoms with E-state index in [0.717, 1.165) is 0 Å². The molecule has 0 unspecified atom stereocenters. The highest BCUT2D eigenvalue weighted by molar-refractivity contribution is 6.31. The number of ketones is 1. The Morgan fingerprint density at radius 3 is 2.59 bits per heavy atom. The fraction of sp³-hybridized carbons (Fsp3) is 0.125. The lowest BCUT2D eigenvalue weighted by atomic mass is 10.1. The molecule has 2 aromatic rings. The SMILES string of the molecule is Cc1cc(Cl)cc(C=NCC(=O)c2ccc(O)c(O)c2)c1O. The number of aliphatic imine (C=N–C) groups is 1. The van der Waals surface area contributed by atoms with E-state index < -0.39 is 0 Å². The summed E-state index contributed by atoms with van der Waals surface area (Å²) in [5, 5.41) is 28.9. The molecule has 0 aliphatic carbocycles. The summed E-state index contributed by atoms with van der Waals surface area (Å²) < 4.78 is 0. The van der Waals surface area contributed by atoms with Crippen molar-refractivity contribution in [2.75, 3.05) is 6.54 Å². The van der Waals surface area contributed by atoms with Crippen molar-refractivity contribution in [2.45, 2.75) is 6.92 Å². The fourth-order valence-electron chi connectivity index (χ4n) is 1.87. The highest BCUT2D eigenvalue weighted by Gasteiger charge is 2.08. The Hall–Kier alpha value is -2.53. The average molecular weight is 320 g/mol. The van der Waals surface area contributed by atoms with E-state index in [1.807, 2.05) is 0 Å². The zero-order valence-corrected chi connectivity index (χ0v) is 12.5. The first-order chi connectivity index (χ1) is 10.4. The number of nitrogens with zero attached hydrogens (tertiary/aromatic N) is 1. The number of hydrogen-bond donors (Lipinski definition) is 3. The van der Waals surface area contributed by atoms with Crippen molar-refractivity contribution in [3.8, 4) is 17.2 Å². The van der Waals surface area contributed by atoms with Crippen LogP contribution in [0.3, 0.4) is 0 Å². The van der Waals surface area contributed by atoms with Gasteiger partial charge >= 0.3 is 0 Å². The number of carbonyl (C=O) groups is 1. The summed E-state index contributed by atoms with van der Waals surface area (Å²) in [7, 11) is 0. The average Bonchev–Trinajstić information content (AvgIpc) is 2.46. The number of carbonyl (C=O) groups excluding carboxylic acids is 1. The molecular weight excluding hydrogens is 306 g/mol. The number of hydrogen-bond acceptors (Lipinski definition) is 5. The molecule has 5 nitrogen and oxygen atoms in total. The fourth-order valence-corrected chi connectivity index (χ4v) is 2.16. The highest BCUT2D eigenvalue weighted by Crippen LogP contribution is 2.26. The van der Waals surface area contributed by atoms with Gasteiger partial charge in [-0.2, -0.15) is 0 Å². The smallest absolute Gasteiger partial charge is 0.184 e. The van der Waals surface area contributed by atoms with Crippen LogP contribution in [0.2, 0.25) is 5.02 Å². The number of rotatable bonds is 4. The second-order valence-corrected chi connectivity index (χ2v) is 5.19. The molecule has 0 atom stereocenters. The summed E-state index contributed by atoms with van der Waals surface area (Å²) in [5.74, 6) is -0.926. The quantitative estimate of drug-likeness (QED) is 0.459. The summed E-state index contributed by atoms with van der Waals surface area (Å²) in [6, 6.07) is 6.98. The maximum absolute atomic E-state index is 11.9. The zero-order valence-electron chi connectivity index (χ0n) is 11.7. The minimum Gasteiger partial charge on any atom is -0.507 e.